The van der Waals surface area contributed by atoms with Crippen LogP contribution in [0.4, 0.5) is 0 Å². The van der Waals surface area contributed by atoms with Crippen LogP contribution in [0, 0.1) is 5.41 Å². The maximum Gasteiger partial charge on any atom is 0.244 e. The van der Waals surface area contributed by atoms with Gasteiger partial charge in [0, 0.05) is 32.2 Å². The van der Waals surface area contributed by atoms with Gasteiger partial charge in [-0.2, -0.15) is 4.31 Å². The second-order valence-corrected chi connectivity index (χ2v) is 10.5. The van der Waals surface area contributed by atoms with E-state index < -0.39 is 10.0 Å². The van der Waals surface area contributed by atoms with Crippen LogP contribution in [0.25, 0.3) is 0 Å². The summed E-state index contributed by atoms with van der Waals surface area (Å²) in [6.45, 7) is 4.81. The lowest BCUT2D eigenvalue weighted by molar-refractivity contribution is 0.0137. The molecule has 0 aromatic carbocycles. The Labute approximate surface area is 172 Å². The molecule has 3 fully saturated rings. The number of rotatable bonds is 4. The first-order valence-corrected chi connectivity index (χ1v) is 11.8. The van der Waals surface area contributed by atoms with Gasteiger partial charge in [0.1, 0.15) is 9.92 Å². The summed E-state index contributed by atoms with van der Waals surface area (Å²) in [7, 11) is -2.13. The monoisotopic (exact) mass is 429 g/mol. The van der Waals surface area contributed by atoms with E-state index in [1.165, 1.54) is 38.6 Å². The van der Waals surface area contributed by atoms with Crippen LogP contribution >= 0.6 is 11.6 Å². The molecule has 1 atom stereocenters. The molecule has 0 N–H and O–H groups in total. The molecule has 2 saturated heterocycles. The van der Waals surface area contributed by atoms with E-state index in [2.05, 4.69) is 9.88 Å². The maximum absolute atomic E-state index is 13.0. The normalized spacial score (nSPS) is 26.6. The molecule has 1 aliphatic carbocycles. The maximum atomic E-state index is 13.0. The third-order valence-electron chi connectivity index (χ3n) is 6.64. The van der Waals surface area contributed by atoms with Gasteiger partial charge in [0.25, 0.3) is 0 Å². The van der Waals surface area contributed by atoms with E-state index in [0.717, 1.165) is 39.1 Å². The Kier molecular flexibility index (Phi) is 5.86. The molecule has 2 aliphatic heterocycles. The molecule has 3 aliphatic rings. The number of ether oxygens (including phenoxy) is 2. The van der Waals surface area contributed by atoms with Crippen molar-refractivity contribution in [3.05, 3.63) is 17.3 Å². The van der Waals surface area contributed by atoms with Crippen molar-refractivity contribution in [3.63, 3.8) is 0 Å². The summed E-state index contributed by atoms with van der Waals surface area (Å²) in [4.78, 5) is 6.71. The van der Waals surface area contributed by atoms with Crippen molar-refractivity contribution in [1.29, 1.82) is 0 Å². The van der Waals surface area contributed by atoms with Crippen molar-refractivity contribution in [2.75, 3.05) is 46.5 Å². The van der Waals surface area contributed by atoms with Gasteiger partial charge in [-0.3, -0.25) is 4.90 Å². The van der Waals surface area contributed by atoms with Gasteiger partial charge in [-0.05, 0) is 43.6 Å². The zero-order valence-corrected chi connectivity index (χ0v) is 17.8. The molecule has 0 radical (unpaired) electrons. The Hall–Kier alpha value is -0.930. The van der Waals surface area contributed by atoms with Gasteiger partial charge < -0.3 is 9.47 Å². The highest BCUT2D eigenvalue weighted by molar-refractivity contribution is 7.89. The Bertz CT molecular complexity index is 805. The first kappa shape index (κ1) is 20.3. The number of nitrogens with zero attached hydrogens (tertiary/aromatic N) is 3. The summed E-state index contributed by atoms with van der Waals surface area (Å²) in [5, 5.41) is 0.209. The largest absolute Gasteiger partial charge is 0.480 e. The fourth-order valence-electron chi connectivity index (χ4n) is 4.93. The number of sulfonamides is 1. The van der Waals surface area contributed by atoms with Crippen molar-refractivity contribution in [2.24, 2.45) is 5.41 Å². The zero-order chi connectivity index (χ0) is 19.8. The molecule has 3 heterocycles. The Morgan fingerprint density at radius 2 is 1.93 bits per heavy atom. The number of aromatic nitrogens is 1. The van der Waals surface area contributed by atoms with Gasteiger partial charge in [0.2, 0.25) is 15.9 Å². The Balaban J connectivity index is 1.40. The predicted octanol–water partition coefficient (Wildman–Crippen LogP) is 2.40. The summed E-state index contributed by atoms with van der Waals surface area (Å²) in [6.07, 6.45) is 6.75. The van der Waals surface area contributed by atoms with Crippen LogP contribution in [0.15, 0.2) is 17.2 Å². The first-order chi connectivity index (χ1) is 13.4. The van der Waals surface area contributed by atoms with Crippen LogP contribution in [0.2, 0.25) is 5.02 Å². The second kappa shape index (κ2) is 8.07. The molecule has 1 spiro atoms. The number of methoxy groups -OCH3 is 1. The molecule has 9 heteroatoms. The van der Waals surface area contributed by atoms with Crippen LogP contribution < -0.4 is 4.74 Å². The average molecular weight is 430 g/mol. The molecule has 0 amide bonds. The van der Waals surface area contributed by atoms with E-state index in [0.29, 0.717) is 19.1 Å². The lowest BCUT2D eigenvalue weighted by Crippen LogP contribution is -2.45. The molecule has 1 unspecified atom stereocenters. The van der Waals surface area contributed by atoms with Crippen molar-refractivity contribution in [2.45, 2.75) is 43.0 Å². The fourth-order valence-corrected chi connectivity index (χ4v) is 6.66. The third-order valence-corrected chi connectivity index (χ3v) is 8.77. The summed E-state index contributed by atoms with van der Waals surface area (Å²) in [5.41, 5.74) is 0.283. The zero-order valence-electron chi connectivity index (χ0n) is 16.3. The number of hydrogen-bond donors (Lipinski definition) is 0. The standard InChI is InChI=1S/C19H28ClN3O4S/c1-26-18-17(20)12-16(14-21-18)28(24,25)23-6-4-19(5-7-23)3-2-15(13-19)22-8-10-27-11-9-22/h12,14-15H,2-11,13H2,1H3. The smallest absolute Gasteiger partial charge is 0.244 e. The molecule has 28 heavy (non-hydrogen) atoms. The summed E-state index contributed by atoms with van der Waals surface area (Å²) in [6, 6.07) is 2.05. The number of morpholine rings is 1. The number of hydrogen-bond acceptors (Lipinski definition) is 6. The van der Waals surface area contributed by atoms with Crippen LogP contribution in [-0.4, -0.2) is 75.2 Å². The van der Waals surface area contributed by atoms with Gasteiger partial charge in [0.15, 0.2) is 0 Å². The van der Waals surface area contributed by atoms with Gasteiger partial charge >= 0.3 is 0 Å². The van der Waals surface area contributed by atoms with E-state index in [1.807, 2.05) is 0 Å². The van der Waals surface area contributed by atoms with Crippen molar-refractivity contribution in [3.8, 4) is 5.88 Å². The predicted molar refractivity (Wildman–Crippen MR) is 106 cm³/mol. The second-order valence-electron chi connectivity index (χ2n) is 8.11. The summed E-state index contributed by atoms with van der Waals surface area (Å²) >= 11 is 6.08. The third kappa shape index (κ3) is 3.89. The molecule has 1 saturated carbocycles. The van der Waals surface area contributed by atoms with Crippen LogP contribution in [0.3, 0.4) is 0 Å². The first-order valence-electron chi connectivity index (χ1n) is 9.95. The molecular weight excluding hydrogens is 402 g/mol. The fraction of sp³-hybridized carbons (Fsp3) is 0.737. The highest BCUT2D eigenvalue weighted by atomic mass is 35.5. The van der Waals surface area contributed by atoms with Crippen LogP contribution in [-0.2, 0) is 14.8 Å². The SMILES string of the molecule is COc1ncc(S(=O)(=O)N2CCC3(CCC(N4CCOCC4)C3)CC2)cc1Cl. The van der Waals surface area contributed by atoms with E-state index in [9.17, 15) is 8.42 Å². The van der Waals surface area contributed by atoms with E-state index >= 15 is 0 Å². The van der Waals surface area contributed by atoms with Crippen molar-refractivity contribution < 1.29 is 17.9 Å². The molecule has 4 rings (SSSR count). The van der Waals surface area contributed by atoms with Crippen molar-refractivity contribution in [1.82, 2.24) is 14.2 Å². The van der Waals surface area contributed by atoms with Gasteiger partial charge in [0.05, 0.1) is 26.5 Å². The van der Waals surface area contributed by atoms with Gasteiger partial charge in [-0.1, -0.05) is 11.6 Å². The molecule has 7 nitrogen and oxygen atoms in total. The van der Waals surface area contributed by atoms with E-state index in [4.69, 9.17) is 21.1 Å². The lowest BCUT2D eigenvalue weighted by atomic mass is 9.77. The number of pyridine rings is 1. The minimum Gasteiger partial charge on any atom is -0.480 e. The molecular formula is C19H28ClN3O4S. The van der Waals surface area contributed by atoms with Crippen LogP contribution in [0.1, 0.15) is 32.1 Å². The summed E-state index contributed by atoms with van der Waals surface area (Å²) in [5.74, 6) is 0.235. The quantitative estimate of drug-likeness (QED) is 0.731. The lowest BCUT2D eigenvalue weighted by Gasteiger charge is -2.40. The van der Waals surface area contributed by atoms with Gasteiger partial charge in [-0.25, -0.2) is 13.4 Å². The molecule has 1 aromatic heterocycles. The molecule has 0 bridgehead atoms. The topological polar surface area (TPSA) is 72.0 Å². The number of halogens is 1. The highest BCUT2D eigenvalue weighted by Gasteiger charge is 2.45. The number of piperidine rings is 1. The Morgan fingerprint density at radius 1 is 1.21 bits per heavy atom. The van der Waals surface area contributed by atoms with E-state index in [-0.39, 0.29) is 21.2 Å². The summed E-state index contributed by atoms with van der Waals surface area (Å²) < 4.78 is 38.1. The van der Waals surface area contributed by atoms with Crippen LogP contribution in [0.5, 0.6) is 5.88 Å². The highest BCUT2D eigenvalue weighted by Crippen LogP contribution is 2.48. The minimum absolute atomic E-state index is 0.131. The Morgan fingerprint density at radius 3 is 2.57 bits per heavy atom. The van der Waals surface area contributed by atoms with E-state index in [1.54, 1.807) is 4.31 Å². The molecule has 1 aromatic rings. The minimum atomic E-state index is -3.59. The molecule has 156 valence electrons. The van der Waals surface area contributed by atoms with Gasteiger partial charge in [-0.15, -0.1) is 0 Å². The average Bonchev–Trinajstić information content (AvgIpc) is 3.12. The van der Waals surface area contributed by atoms with Crippen molar-refractivity contribution >= 4 is 21.6 Å².